The number of furan rings is 1. The maximum Gasteiger partial charge on any atom is 0.335 e. The van der Waals surface area contributed by atoms with Crippen LogP contribution in [0.5, 0.6) is 0 Å². The van der Waals surface area contributed by atoms with Crippen molar-refractivity contribution in [3.05, 3.63) is 59.3 Å². The Balaban J connectivity index is 2.00. The third-order valence-electron chi connectivity index (χ3n) is 3.23. The number of halogens is 1. The van der Waals surface area contributed by atoms with E-state index in [9.17, 15) is 18.8 Å². The molecule has 1 aliphatic heterocycles. The molecule has 7 heteroatoms. The number of amides is 4. The Hall–Kier alpha value is -3.22. The number of rotatable bonds is 2. The van der Waals surface area contributed by atoms with Crippen LogP contribution >= 0.6 is 0 Å². The summed E-state index contributed by atoms with van der Waals surface area (Å²) in [5.41, 5.74) is -0.0915. The lowest BCUT2D eigenvalue weighted by atomic mass is 10.1. The van der Waals surface area contributed by atoms with Gasteiger partial charge in [-0.25, -0.2) is 14.1 Å². The normalized spacial score (nSPS) is 16.9. The Labute approximate surface area is 130 Å². The SMILES string of the molecule is Cc1ccc(C=C2C(=O)NC(=O)N(c3ccc(F)cc3)C2=O)o1. The summed E-state index contributed by atoms with van der Waals surface area (Å²) in [5, 5.41) is 2.07. The van der Waals surface area contributed by atoms with Crippen molar-refractivity contribution in [2.75, 3.05) is 4.90 Å². The first-order chi connectivity index (χ1) is 11.0. The first kappa shape index (κ1) is 14.7. The summed E-state index contributed by atoms with van der Waals surface area (Å²) in [6.45, 7) is 1.72. The van der Waals surface area contributed by atoms with Gasteiger partial charge >= 0.3 is 6.03 Å². The van der Waals surface area contributed by atoms with E-state index in [-0.39, 0.29) is 11.3 Å². The van der Waals surface area contributed by atoms with E-state index in [1.54, 1.807) is 19.1 Å². The predicted octanol–water partition coefficient (Wildman–Crippen LogP) is 2.39. The Kier molecular flexibility index (Phi) is 3.53. The average molecular weight is 314 g/mol. The molecule has 116 valence electrons. The van der Waals surface area contributed by atoms with Crippen molar-refractivity contribution in [3.63, 3.8) is 0 Å². The van der Waals surface area contributed by atoms with Crippen molar-refractivity contribution < 1.29 is 23.2 Å². The molecule has 1 aromatic heterocycles. The third kappa shape index (κ3) is 2.76. The number of anilines is 1. The molecular formula is C16H11FN2O4. The molecule has 0 spiro atoms. The number of carbonyl (C=O) groups is 3. The van der Waals surface area contributed by atoms with Crippen LogP contribution in [0.3, 0.4) is 0 Å². The van der Waals surface area contributed by atoms with Gasteiger partial charge in [-0.1, -0.05) is 0 Å². The molecule has 6 nitrogen and oxygen atoms in total. The molecule has 2 aromatic rings. The molecule has 3 rings (SSSR count). The second-order valence-electron chi connectivity index (χ2n) is 4.88. The van der Waals surface area contributed by atoms with E-state index < -0.39 is 23.7 Å². The van der Waals surface area contributed by atoms with Gasteiger partial charge < -0.3 is 4.42 Å². The van der Waals surface area contributed by atoms with Crippen LogP contribution in [0.1, 0.15) is 11.5 Å². The minimum Gasteiger partial charge on any atom is -0.462 e. The lowest BCUT2D eigenvalue weighted by molar-refractivity contribution is -0.122. The number of hydrogen-bond acceptors (Lipinski definition) is 4. The van der Waals surface area contributed by atoms with Crippen LogP contribution in [0.15, 0.2) is 46.4 Å². The fourth-order valence-corrected chi connectivity index (χ4v) is 2.16. The van der Waals surface area contributed by atoms with Crippen molar-refractivity contribution in [1.82, 2.24) is 5.32 Å². The highest BCUT2D eigenvalue weighted by molar-refractivity contribution is 6.39. The Morgan fingerprint density at radius 3 is 2.39 bits per heavy atom. The second-order valence-corrected chi connectivity index (χ2v) is 4.88. The Morgan fingerprint density at radius 1 is 1.09 bits per heavy atom. The quantitative estimate of drug-likeness (QED) is 0.682. The number of nitrogens with zero attached hydrogens (tertiary/aromatic N) is 1. The highest BCUT2D eigenvalue weighted by atomic mass is 19.1. The molecule has 0 unspecified atom stereocenters. The molecule has 1 fully saturated rings. The van der Waals surface area contributed by atoms with Crippen LogP contribution in [-0.2, 0) is 9.59 Å². The zero-order valence-corrected chi connectivity index (χ0v) is 12.0. The molecule has 1 aliphatic rings. The van der Waals surface area contributed by atoms with E-state index >= 15 is 0 Å². The fourth-order valence-electron chi connectivity index (χ4n) is 2.16. The smallest absolute Gasteiger partial charge is 0.335 e. The molecule has 23 heavy (non-hydrogen) atoms. The van der Waals surface area contributed by atoms with Crippen molar-refractivity contribution in [2.45, 2.75) is 6.92 Å². The van der Waals surface area contributed by atoms with Crippen LogP contribution in [0.4, 0.5) is 14.9 Å². The first-order valence-corrected chi connectivity index (χ1v) is 6.69. The topological polar surface area (TPSA) is 79.6 Å². The molecule has 0 bridgehead atoms. The predicted molar refractivity (Wildman–Crippen MR) is 78.8 cm³/mol. The molecule has 1 aromatic carbocycles. The number of hydrogen-bond donors (Lipinski definition) is 1. The van der Waals surface area contributed by atoms with Crippen LogP contribution in [0, 0.1) is 12.7 Å². The summed E-state index contributed by atoms with van der Waals surface area (Å²) in [6, 6.07) is 7.17. The molecule has 0 atom stereocenters. The number of barbiturate groups is 1. The monoisotopic (exact) mass is 314 g/mol. The van der Waals surface area contributed by atoms with Crippen molar-refractivity contribution in [2.24, 2.45) is 0 Å². The number of urea groups is 1. The summed E-state index contributed by atoms with van der Waals surface area (Å²) in [5.74, 6) is -1.19. The third-order valence-corrected chi connectivity index (χ3v) is 3.23. The molecule has 0 saturated carbocycles. The van der Waals surface area contributed by atoms with Crippen molar-refractivity contribution in [1.29, 1.82) is 0 Å². The molecule has 0 aliphatic carbocycles. The molecule has 4 amide bonds. The number of benzene rings is 1. The van der Waals surface area contributed by atoms with E-state index in [0.717, 1.165) is 17.0 Å². The van der Waals surface area contributed by atoms with Gasteiger partial charge in [0.05, 0.1) is 5.69 Å². The van der Waals surface area contributed by atoms with Gasteiger partial charge in [0.25, 0.3) is 11.8 Å². The number of carbonyl (C=O) groups excluding carboxylic acids is 3. The summed E-state index contributed by atoms with van der Waals surface area (Å²) in [7, 11) is 0. The van der Waals surface area contributed by atoms with Gasteiger partial charge in [-0.05, 0) is 49.4 Å². The van der Waals surface area contributed by atoms with Crippen LogP contribution in [0.2, 0.25) is 0 Å². The molecule has 1 saturated heterocycles. The minimum atomic E-state index is -0.889. The van der Waals surface area contributed by atoms with Crippen LogP contribution in [-0.4, -0.2) is 17.8 Å². The van der Waals surface area contributed by atoms with Gasteiger partial charge in [0.15, 0.2) is 0 Å². The summed E-state index contributed by atoms with van der Waals surface area (Å²) in [6.07, 6.45) is 1.26. The highest BCUT2D eigenvalue weighted by Crippen LogP contribution is 2.22. The van der Waals surface area contributed by atoms with Gasteiger partial charge in [-0.15, -0.1) is 0 Å². The number of nitrogens with one attached hydrogen (secondary N) is 1. The van der Waals surface area contributed by atoms with E-state index in [4.69, 9.17) is 4.42 Å². The van der Waals surface area contributed by atoms with Gasteiger partial charge in [-0.3, -0.25) is 14.9 Å². The fraction of sp³-hybridized carbons (Fsp3) is 0.0625. The molecule has 2 heterocycles. The highest BCUT2D eigenvalue weighted by Gasteiger charge is 2.37. The zero-order valence-electron chi connectivity index (χ0n) is 12.0. The lowest BCUT2D eigenvalue weighted by Gasteiger charge is -2.26. The number of imide groups is 2. The number of aryl methyl sites for hydroxylation is 1. The maximum absolute atomic E-state index is 13.0. The minimum absolute atomic E-state index is 0.155. The van der Waals surface area contributed by atoms with Gasteiger partial charge in [0.2, 0.25) is 0 Å². The Bertz CT molecular complexity index is 836. The standard InChI is InChI=1S/C16H11FN2O4/c1-9-2-7-12(23-9)8-13-14(20)18-16(22)19(15(13)21)11-5-3-10(17)4-6-11/h2-8H,1H3,(H,18,20,22). The van der Waals surface area contributed by atoms with E-state index in [2.05, 4.69) is 5.32 Å². The summed E-state index contributed by atoms with van der Waals surface area (Å²) >= 11 is 0. The zero-order chi connectivity index (χ0) is 16.6. The second kappa shape index (κ2) is 5.53. The Morgan fingerprint density at radius 2 is 1.78 bits per heavy atom. The molecule has 1 N–H and O–H groups in total. The first-order valence-electron chi connectivity index (χ1n) is 6.69. The lowest BCUT2D eigenvalue weighted by Crippen LogP contribution is -2.54. The van der Waals surface area contributed by atoms with Crippen molar-refractivity contribution >= 4 is 29.6 Å². The summed E-state index contributed by atoms with van der Waals surface area (Å²) in [4.78, 5) is 37.1. The van der Waals surface area contributed by atoms with Gasteiger partial charge in [-0.2, -0.15) is 0 Å². The largest absolute Gasteiger partial charge is 0.462 e. The van der Waals surface area contributed by atoms with Gasteiger partial charge in [0, 0.05) is 0 Å². The van der Waals surface area contributed by atoms with E-state index in [1.807, 2.05) is 0 Å². The molecular weight excluding hydrogens is 303 g/mol. The summed E-state index contributed by atoms with van der Waals surface area (Å²) < 4.78 is 18.3. The van der Waals surface area contributed by atoms with E-state index in [1.165, 1.54) is 18.2 Å². The maximum atomic E-state index is 13.0. The van der Waals surface area contributed by atoms with Crippen molar-refractivity contribution in [3.8, 4) is 0 Å². The van der Waals surface area contributed by atoms with Crippen LogP contribution in [0.25, 0.3) is 6.08 Å². The van der Waals surface area contributed by atoms with E-state index in [0.29, 0.717) is 11.5 Å². The van der Waals surface area contributed by atoms with Gasteiger partial charge in [0.1, 0.15) is 22.9 Å². The van der Waals surface area contributed by atoms with Crippen LogP contribution < -0.4 is 10.2 Å². The average Bonchev–Trinajstić information content (AvgIpc) is 2.91. The molecule has 0 radical (unpaired) electrons.